The van der Waals surface area contributed by atoms with Crippen molar-refractivity contribution in [1.29, 1.82) is 0 Å². The highest BCUT2D eigenvalue weighted by Crippen LogP contribution is 2.28. The molecule has 0 saturated carbocycles. The molecule has 21 heavy (non-hydrogen) atoms. The summed E-state index contributed by atoms with van der Waals surface area (Å²) in [5, 5.41) is 0. The Kier molecular flexibility index (Phi) is 4.23. The predicted molar refractivity (Wildman–Crippen MR) is 81.7 cm³/mol. The quantitative estimate of drug-likeness (QED) is 0.518. The van der Waals surface area contributed by atoms with E-state index in [1.807, 2.05) is 0 Å². The van der Waals surface area contributed by atoms with Crippen LogP contribution in [0.5, 0.6) is 5.75 Å². The number of hydrogen-bond acceptors (Lipinski definition) is 4. The maximum Gasteiger partial charge on any atom is 0.213 e. The van der Waals surface area contributed by atoms with Gasteiger partial charge in [-0.05, 0) is 36.4 Å². The Morgan fingerprint density at radius 1 is 1.19 bits per heavy atom. The first kappa shape index (κ1) is 14.6. The molecule has 0 heterocycles. The predicted octanol–water partition coefficient (Wildman–Crippen LogP) is 2.10. The van der Waals surface area contributed by atoms with E-state index in [0.717, 1.165) is 0 Å². The highest BCUT2D eigenvalue weighted by Gasteiger charge is 2.16. The fourth-order valence-corrected chi connectivity index (χ4v) is 2.03. The number of nitrogens with two attached hydrogens (primary N) is 1. The lowest BCUT2D eigenvalue weighted by Crippen LogP contribution is -2.13. The lowest BCUT2D eigenvalue weighted by molar-refractivity contribution is -0.107. The molecule has 0 unspecified atom stereocenters. The van der Waals surface area contributed by atoms with Gasteiger partial charge < -0.3 is 15.4 Å². The van der Waals surface area contributed by atoms with Crippen LogP contribution in [0.3, 0.4) is 0 Å². The number of hydrogen-bond donors (Lipinski definition) is 1. The molecule has 0 aliphatic heterocycles. The molecule has 0 bridgehead atoms. The molecule has 0 atom stereocenters. The Balaban J connectivity index is 2.37. The summed E-state index contributed by atoms with van der Waals surface area (Å²) in [5.74, 6) is 0.191. The molecule has 5 heteroatoms. The third kappa shape index (κ3) is 2.86. The molecule has 2 aromatic rings. The van der Waals surface area contributed by atoms with Gasteiger partial charge in [0.05, 0.1) is 18.4 Å². The molecule has 0 radical (unpaired) electrons. The normalized spacial score (nSPS) is 10.0. The number of ketones is 1. The Morgan fingerprint density at radius 2 is 1.86 bits per heavy atom. The van der Waals surface area contributed by atoms with Gasteiger partial charge in [-0.25, -0.2) is 0 Å². The molecule has 5 nitrogen and oxygen atoms in total. The van der Waals surface area contributed by atoms with Gasteiger partial charge in [-0.15, -0.1) is 0 Å². The monoisotopic (exact) mass is 284 g/mol. The fourth-order valence-electron chi connectivity index (χ4n) is 2.03. The Morgan fingerprint density at radius 3 is 2.43 bits per heavy atom. The first-order chi connectivity index (χ1) is 10.1. The van der Waals surface area contributed by atoms with E-state index in [4.69, 9.17) is 10.5 Å². The summed E-state index contributed by atoms with van der Waals surface area (Å²) in [5.41, 5.74) is 7.85. The van der Waals surface area contributed by atoms with Gasteiger partial charge in [0.1, 0.15) is 0 Å². The summed E-state index contributed by atoms with van der Waals surface area (Å²) < 4.78 is 5.20. The number of carbonyl (C=O) groups is 2. The second kappa shape index (κ2) is 6.09. The molecule has 0 aromatic heterocycles. The molecule has 2 aromatic carbocycles. The van der Waals surface area contributed by atoms with Crippen LogP contribution in [0.2, 0.25) is 0 Å². The number of carbonyl (C=O) groups excluding carboxylic acids is 2. The molecular formula is C16H16N2O3. The smallest absolute Gasteiger partial charge is 0.213 e. The van der Waals surface area contributed by atoms with Crippen molar-refractivity contribution < 1.29 is 14.3 Å². The van der Waals surface area contributed by atoms with Crippen LogP contribution in [-0.2, 0) is 4.79 Å². The van der Waals surface area contributed by atoms with Crippen molar-refractivity contribution >= 4 is 23.6 Å². The van der Waals surface area contributed by atoms with E-state index >= 15 is 0 Å². The number of nitrogen functional groups attached to an aromatic ring is 1. The molecule has 1 amide bonds. The molecular weight excluding hydrogens is 268 g/mol. The van der Waals surface area contributed by atoms with Crippen LogP contribution in [0.4, 0.5) is 11.4 Å². The highest BCUT2D eigenvalue weighted by atomic mass is 16.5. The van der Waals surface area contributed by atoms with Crippen molar-refractivity contribution in [2.45, 2.75) is 0 Å². The first-order valence-electron chi connectivity index (χ1n) is 6.34. The zero-order valence-electron chi connectivity index (χ0n) is 11.9. The van der Waals surface area contributed by atoms with Crippen LogP contribution in [0.15, 0.2) is 42.5 Å². The molecule has 0 fully saturated rings. The number of nitrogens with zero attached hydrogens (tertiary/aromatic N) is 1. The number of rotatable bonds is 5. The van der Waals surface area contributed by atoms with Crippen molar-refractivity contribution in [2.75, 3.05) is 24.8 Å². The maximum absolute atomic E-state index is 12.5. The summed E-state index contributed by atoms with van der Waals surface area (Å²) in [6, 6.07) is 11.8. The van der Waals surface area contributed by atoms with Crippen LogP contribution >= 0.6 is 0 Å². The summed E-state index contributed by atoms with van der Waals surface area (Å²) >= 11 is 0. The van der Waals surface area contributed by atoms with Crippen LogP contribution < -0.4 is 15.4 Å². The van der Waals surface area contributed by atoms with Crippen molar-refractivity contribution in [1.82, 2.24) is 0 Å². The lowest BCUT2D eigenvalue weighted by Gasteiger charge is -2.12. The van der Waals surface area contributed by atoms with E-state index in [9.17, 15) is 9.59 Å². The number of anilines is 2. The van der Waals surface area contributed by atoms with Gasteiger partial charge in [0.15, 0.2) is 11.5 Å². The third-order valence-corrected chi connectivity index (χ3v) is 3.19. The molecule has 0 aliphatic rings. The second-order valence-electron chi connectivity index (χ2n) is 4.52. The van der Waals surface area contributed by atoms with Gasteiger partial charge in [-0.3, -0.25) is 9.59 Å². The van der Waals surface area contributed by atoms with E-state index in [2.05, 4.69) is 0 Å². The van der Waals surface area contributed by atoms with Crippen LogP contribution in [-0.4, -0.2) is 26.4 Å². The molecule has 0 saturated heterocycles. The van der Waals surface area contributed by atoms with Crippen molar-refractivity contribution in [3.05, 3.63) is 53.6 Å². The average Bonchev–Trinajstić information content (AvgIpc) is 2.53. The number of amides is 1. The minimum atomic E-state index is -0.181. The lowest BCUT2D eigenvalue weighted by atomic mass is 10.0. The third-order valence-electron chi connectivity index (χ3n) is 3.19. The highest BCUT2D eigenvalue weighted by molar-refractivity contribution is 6.11. The average molecular weight is 284 g/mol. The molecule has 108 valence electrons. The molecule has 2 rings (SSSR count). The maximum atomic E-state index is 12.5. The van der Waals surface area contributed by atoms with E-state index in [1.54, 1.807) is 49.5 Å². The molecule has 0 spiro atoms. The van der Waals surface area contributed by atoms with Gasteiger partial charge in [-0.2, -0.15) is 0 Å². The van der Waals surface area contributed by atoms with Gasteiger partial charge in [0.2, 0.25) is 6.41 Å². The van der Waals surface area contributed by atoms with E-state index in [0.29, 0.717) is 34.7 Å². The number of ether oxygens (including phenoxy) is 1. The zero-order chi connectivity index (χ0) is 15.4. The molecule has 2 N–H and O–H groups in total. The van der Waals surface area contributed by atoms with E-state index < -0.39 is 0 Å². The minimum Gasteiger partial charge on any atom is -0.494 e. The standard InChI is InChI=1S/C16H16N2O3/c1-18(10-19)12-8-6-11(7-9-12)15(20)13-4-3-5-14(17)16(13)21-2/h3-10H,17H2,1-2H3. The van der Waals surface area contributed by atoms with E-state index in [1.165, 1.54) is 12.0 Å². The Labute approximate surface area is 122 Å². The summed E-state index contributed by atoms with van der Waals surface area (Å²) in [4.78, 5) is 24.6. The number of para-hydroxylation sites is 1. The van der Waals surface area contributed by atoms with E-state index in [-0.39, 0.29) is 5.78 Å². The van der Waals surface area contributed by atoms with Gasteiger partial charge in [-0.1, -0.05) is 6.07 Å². The summed E-state index contributed by atoms with van der Waals surface area (Å²) in [6.07, 6.45) is 0.706. The first-order valence-corrected chi connectivity index (χ1v) is 6.34. The van der Waals surface area contributed by atoms with Gasteiger partial charge in [0.25, 0.3) is 0 Å². The van der Waals surface area contributed by atoms with Gasteiger partial charge >= 0.3 is 0 Å². The topological polar surface area (TPSA) is 72.6 Å². The molecule has 0 aliphatic carbocycles. The minimum absolute atomic E-state index is 0.181. The number of benzene rings is 2. The second-order valence-corrected chi connectivity index (χ2v) is 4.52. The fraction of sp³-hybridized carbons (Fsp3) is 0.125. The van der Waals surface area contributed by atoms with Crippen LogP contribution in [0, 0.1) is 0 Å². The van der Waals surface area contributed by atoms with Crippen LogP contribution in [0.1, 0.15) is 15.9 Å². The van der Waals surface area contributed by atoms with Crippen molar-refractivity contribution in [3.8, 4) is 5.75 Å². The van der Waals surface area contributed by atoms with Crippen molar-refractivity contribution in [2.24, 2.45) is 0 Å². The summed E-state index contributed by atoms with van der Waals surface area (Å²) in [6.45, 7) is 0. The Hall–Kier alpha value is -2.82. The Bertz CT molecular complexity index is 666. The van der Waals surface area contributed by atoms with Crippen molar-refractivity contribution in [3.63, 3.8) is 0 Å². The number of methoxy groups -OCH3 is 1. The van der Waals surface area contributed by atoms with Gasteiger partial charge in [0, 0.05) is 18.3 Å². The summed E-state index contributed by atoms with van der Waals surface area (Å²) in [7, 11) is 3.12. The SMILES string of the molecule is COc1c(N)cccc1C(=O)c1ccc(N(C)C=O)cc1. The van der Waals surface area contributed by atoms with Crippen LogP contribution in [0.25, 0.3) is 0 Å². The zero-order valence-corrected chi connectivity index (χ0v) is 11.9. The largest absolute Gasteiger partial charge is 0.494 e.